The van der Waals surface area contributed by atoms with Crippen LogP contribution in [0.15, 0.2) is 24.3 Å². The number of hydrogen-bond acceptors (Lipinski definition) is 5. The molecule has 1 aliphatic rings. The molecule has 4 rings (SSSR count). The number of amides is 1. The predicted molar refractivity (Wildman–Crippen MR) is 109 cm³/mol. The maximum Gasteiger partial charge on any atom is 0.253 e. The number of nitrogens with one attached hydrogen (secondary N) is 3. The molecule has 1 amide bonds. The lowest BCUT2D eigenvalue weighted by atomic mass is 10.1. The number of H-pyrrole nitrogens is 1. The van der Waals surface area contributed by atoms with Gasteiger partial charge in [-0.05, 0) is 46.2 Å². The van der Waals surface area contributed by atoms with Crippen molar-refractivity contribution in [1.29, 1.82) is 0 Å². The van der Waals surface area contributed by atoms with Crippen molar-refractivity contribution in [2.45, 2.75) is 45.7 Å². The van der Waals surface area contributed by atoms with Crippen molar-refractivity contribution < 1.29 is 9.90 Å². The lowest BCUT2D eigenvalue weighted by Gasteiger charge is -2.22. The lowest BCUT2D eigenvalue weighted by Crippen LogP contribution is -2.27. The van der Waals surface area contributed by atoms with Crippen molar-refractivity contribution >= 4 is 22.8 Å². The fourth-order valence-electron chi connectivity index (χ4n) is 3.59. The first-order valence-electron chi connectivity index (χ1n) is 9.47. The molecule has 7 nitrogen and oxygen atoms in total. The number of aliphatic hydroxyl groups is 1. The molecule has 3 aromatic rings. The minimum Gasteiger partial charge on any atom is -0.396 e. The zero-order valence-electron chi connectivity index (χ0n) is 16.6. The van der Waals surface area contributed by atoms with E-state index in [0.717, 1.165) is 39.5 Å². The first kappa shape index (κ1) is 18.4. The van der Waals surface area contributed by atoms with Gasteiger partial charge in [0.2, 0.25) is 0 Å². The number of carbonyl (C=O) groups excluding carboxylic acids is 1. The third-order valence-corrected chi connectivity index (χ3v) is 4.82. The monoisotopic (exact) mass is 379 g/mol. The van der Waals surface area contributed by atoms with Crippen molar-refractivity contribution in [2.24, 2.45) is 0 Å². The average molecular weight is 379 g/mol. The summed E-state index contributed by atoms with van der Waals surface area (Å²) in [6.45, 7) is 8.21. The molecule has 0 saturated heterocycles. The highest BCUT2D eigenvalue weighted by Crippen LogP contribution is 2.34. The maximum atomic E-state index is 12.3. The Morgan fingerprint density at radius 1 is 1.21 bits per heavy atom. The third-order valence-electron chi connectivity index (χ3n) is 4.82. The molecule has 4 N–H and O–H groups in total. The van der Waals surface area contributed by atoms with E-state index in [1.54, 1.807) is 0 Å². The number of benzene rings is 1. The number of aromatic amines is 1. The Morgan fingerprint density at radius 3 is 2.71 bits per heavy atom. The second-order valence-electron chi connectivity index (χ2n) is 8.25. The van der Waals surface area contributed by atoms with E-state index in [1.165, 1.54) is 0 Å². The SMILES string of the molecule is Cc1nc2cccc(-c3cc4c([nH]3)C(CCO)NC4=O)c2nc1NC(C)(C)C. The van der Waals surface area contributed by atoms with Gasteiger partial charge in [-0.3, -0.25) is 4.79 Å². The Hall–Kier alpha value is -2.93. The minimum atomic E-state index is -0.192. The van der Waals surface area contributed by atoms with Crippen LogP contribution in [-0.2, 0) is 0 Å². The number of aliphatic hydroxyl groups excluding tert-OH is 1. The molecular weight excluding hydrogens is 354 g/mol. The van der Waals surface area contributed by atoms with E-state index >= 15 is 0 Å². The zero-order valence-corrected chi connectivity index (χ0v) is 16.6. The van der Waals surface area contributed by atoms with Gasteiger partial charge in [-0.2, -0.15) is 0 Å². The molecule has 1 aliphatic heterocycles. The van der Waals surface area contributed by atoms with E-state index < -0.39 is 0 Å². The van der Waals surface area contributed by atoms with Crippen LogP contribution in [0.25, 0.3) is 22.3 Å². The van der Waals surface area contributed by atoms with Crippen LogP contribution in [0.2, 0.25) is 0 Å². The van der Waals surface area contributed by atoms with Crippen LogP contribution in [0.1, 0.15) is 55.0 Å². The van der Waals surface area contributed by atoms with Crippen LogP contribution in [0.5, 0.6) is 0 Å². The number of anilines is 1. The standard InChI is InChI=1S/C21H25N5O2/c1-11-19(26-21(2,3)4)25-17-12(6-5-7-14(17)22-11)16-10-13-18(23-16)15(8-9-27)24-20(13)28/h5-7,10,15,23,27H,8-9H2,1-4H3,(H,24,28)(H,25,26). The van der Waals surface area contributed by atoms with Crippen LogP contribution in [-0.4, -0.2) is 38.1 Å². The topological polar surface area (TPSA) is 103 Å². The van der Waals surface area contributed by atoms with Gasteiger partial charge in [0.15, 0.2) is 0 Å². The number of fused-ring (bicyclic) bond motifs is 2. The Kier molecular flexibility index (Phi) is 4.34. The molecule has 0 spiro atoms. The first-order chi connectivity index (χ1) is 13.3. The predicted octanol–water partition coefficient (Wildman–Crippen LogP) is 3.31. The second kappa shape index (κ2) is 6.60. The van der Waals surface area contributed by atoms with E-state index in [9.17, 15) is 9.90 Å². The summed E-state index contributed by atoms with van der Waals surface area (Å²) >= 11 is 0. The molecule has 146 valence electrons. The molecule has 1 unspecified atom stereocenters. The summed E-state index contributed by atoms with van der Waals surface area (Å²) in [4.78, 5) is 25.2. The zero-order chi connectivity index (χ0) is 20.1. The van der Waals surface area contributed by atoms with Crippen LogP contribution < -0.4 is 10.6 Å². The third kappa shape index (κ3) is 3.22. The molecule has 2 aromatic heterocycles. The lowest BCUT2D eigenvalue weighted by molar-refractivity contribution is 0.0951. The molecule has 1 atom stereocenters. The number of aryl methyl sites for hydroxylation is 1. The van der Waals surface area contributed by atoms with Crippen molar-refractivity contribution in [3.05, 3.63) is 41.2 Å². The molecule has 1 aromatic carbocycles. The van der Waals surface area contributed by atoms with E-state index in [1.807, 2.05) is 31.2 Å². The molecule has 0 saturated carbocycles. The van der Waals surface area contributed by atoms with Gasteiger partial charge < -0.3 is 20.7 Å². The molecule has 0 bridgehead atoms. The molecule has 3 heterocycles. The number of hydrogen-bond donors (Lipinski definition) is 4. The molecule has 28 heavy (non-hydrogen) atoms. The number of aromatic nitrogens is 3. The number of rotatable bonds is 4. The Balaban J connectivity index is 1.84. The van der Waals surface area contributed by atoms with Crippen LogP contribution >= 0.6 is 0 Å². The minimum absolute atomic E-state index is 0.0135. The van der Waals surface area contributed by atoms with Gasteiger partial charge in [0.25, 0.3) is 5.91 Å². The number of nitrogens with zero attached hydrogens (tertiary/aromatic N) is 2. The quantitative estimate of drug-likeness (QED) is 0.557. The van der Waals surface area contributed by atoms with Crippen molar-refractivity contribution in [3.63, 3.8) is 0 Å². The van der Waals surface area contributed by atoms with Gasteiger partial charge >= 0.3 is 0 Å². The van der Waals surface area contributed by atoms with Crippen molar-refractivity contribution in [3.8, 4) is 11.3 Å². The highest BCUT2D eigenvalue weighted by molar-refractivity contribution is 6.01. The Morgan fingerprint density at radius 2 is 2.00 bits per heavy atom. The number of para-hydroxylation sites is 1. The second-order valence-corrected chi connectivity index (χ2v) is 8.25. The summed E-state index contributed by atoms with van der Waals surface area (Å²) < 4.78 is 0. The summed E-state index contributed by atoms with van der Waals surface area (Å²) in [5.74, 6) is 0.635. The summed E-state index contributed by atoms with van der Waals surface area (Å²) in [6.07, 6.45) is 0.479. The van der Waals surface area contributed by atoms with Crippen molar-refractivity contribution in [1.82, 2.24) is 20.3 Å². The normalized spacial score (nSPS) is 16.3. The van der Waals surface area contributed by atoms with Gasteiger partial charge in [0, 0.05) is 23.4 Å². The molecule has 0 fully saturated rings. The summed E-state index contributed by atoms with van der Waals surface area (Å²) in [7, 11) is 0. The van der Waals surface area contributed by atoms with Gasteiger partial charge in [0.05, 0.1) is 28.5 Å². The van der Waals surface area contributed by atoms with Gasteiger partial charge in [-0.1, -0.05) is 12.1 Å². The summed E-state index contributed by atoms with van der Waals surface area (Å²) in [5, 5.41) is 15.6. The summed E-state index contributed by atoms with van der Waals surface area (Å²) in [5.41, 5.74) is 5.46. The van der Waals surface area contributed by atoms with Gasteiger partial charge in [-0.15, -0.1) is 0 Å². The highest BCUT2D eigenvalue weighted by Gasteiger charge is 2.31. The van der Waals surface area contributed by atoms with Crippen LogP contribution in [0.3, 0.4) is 0 Å². The molecule has 7 heteroatoms. The smallest absolute Gasteiger partial charge is 0.253 e. The van der Waals surface area contributed by atoms with E-state index in [0.29, 0.717) is 12.0 Å². The average Bonchev–Trinajstić information content (AvgIpc) is 3.16. The largest absolute Gasteiger partial charge is 0.396 e. The van der Waals surface area contributed by atoms with Crippen LogP contribution in [0.4, 0.5) is 5.82 Å². The first-order valence-corrected chi connectivity index (χ1v) is 9.47. The van der Waals surface area contributed by atoms with E-state index in [-0.39, 0.29) is 24.1 Å². The fourth-order valence-corrected chi connectivity index (χ4v) is 3.59. The summed E-state index contributed by atoms with van der Waals surface area (Å²) in [6, 6.07) is 7.53. The van der Waals surface area contributed by atoms with Crippen LogP contribution in [0, 0.1) is 6.92 Å². The van der Waals surface area contributed by atoms with E-state index in [4.69, 9.17) is 9.97 Å². The Labute approximate surface area is 163 Å². The number of carbonyl (C=O) groups is 1. The molecular formula is C21H25N5O2. The maximum absolute atomic E-state index is 12.3. The van der Waals surface area contributed by atoms with Crippen molar-refractivity contribution in [2.75, 3.05) is 11.9 Å². The Bertz CT molecular complexity index is 1060. The van der Waals surface area contributed by atoms with Gasteiger partial charge in [-0.25, -0.2) is 9.97 Å². The molecule has 0 aliphatic carbocycles. The van der Waals surface area contributed by atoms with E-state index in [2.05, 4.69) is 36.4 Å². The fraction of sp³-hybridized carbons (Fsp3) is 0.381. The highest BCUT2D eigenvalue weighted by atomic mass is 16.3. The van der Waals surface area contributed by atoms with Gasteiger partial charge in [0.1, 0.15) is 11.3 Å². The molecule has 0 radical (unpaired) electrons.